The van der Waals surface area contributed by atoms with Gasteiger partial charge in [0, 0.05) is 12.3 Å². The van der Waals surface area contributed by atoms with Gasteiger partial charge in [-0.05, 0) is 42.9 Å². The fraction of sp³-hybridized carbons (Fsp3) is 0.800. The molecule has 1 nitrogen and oxygen atoms in total. The lowest BCUT2D eigenvalue weighted by Gasteiger charge is -2.51. The molecule has 3 atom stereocenters. The molecule has 0 saturated heterocycles. The van der Waals surface area contributed by atoms with E-state index in [0.717, 1.165) is 12.3 Å². The predicted octanol–water partition coefficient (Wildman–Crippen LogP) is 3.74. The van der Waals surface area contributed by atoms with Crippen LogP contribution in [0.15, 0.2) is 11.1 Å². The van der Waals surface area contributed by atoms with Crippen molar-refractivity contribution < 1.29 is 4.79 Å². The van der Waals surface area contributed by atoms with E-state index in [1.54, 1.807) is 5.57 Å². The van der Waals surface area contributed by atoms with Crippen LogP contribution >= 0.6 is 0 Å². The summed E-state index contributed by atoms with van der Waals surface area (Å²) < 4.78 is 0. The summed E-state index contributed by atoms with van der Waals surface area (Å²) >= 11 is 0. The molecule has 3 aliphatic rings. The van der Waals surface area contributed by atoms with Crippen LogP contribution in [0.5, 0.6) is 0 Å². The molecule has 0 aliphatic heterocycles. The number of allylic oxidation sites excluding steroid dienone is 2. The Kier molecular flexibility index (Phi) is 1.85. The van der Waals surface area contributed by atoms with Gasteiger partial charge in [0.15, 0.2) is 0 Å². The Hall–Kier alpha value is -0.590. The molecule has 1 heteroatoms. The molecule has 0 heterocycles. The molecular formula is C15H22O. The summed E-state index contributed by atoms with van der Waals surface area (Å²) in [5.41, 5.74) is 3.86. The van der Waals surface area contributed by atoms with Crippen LogP contribution in [0.25, 0.3) is 0 Å². The Labute approximate surface area is 98.3 Å². The second-order valence-corrected chi connectivity index (χ2v) is 7.38. The van der Waals surface area contributed by atoms with Gasteiger partial charge in [-0.1, -0.05) is 31.9 Å². The molecule has 0 spiro atoms. The Morgan fingerprint density at radius 2 is 1.81 bits per heavy atom. The lowest BCUT2D eigenvalue weighted by atomic mass is 9.51. The van der Waals surface area contributed by atoms with Crippen molar-refractivity contribution in [2.75, 3.05) is 0 Å². The third-order valence-electron chi connectivity index (χ3n) is 5.21. The molecule has 0 radical (unpaired) electrons. The number of ketones is 1. The highest BCUT2D eigenvalue weighted by atomic mass is 16.1. The van der Waals surface area contributed by atoms with Crippen molar-refractivity contribution in [3.05, 3.63) is 11.1 Å². The fourth-order valence-electron chi connectivity index (χ4n) is 4.74. The minimum atomic E-state index is 0.285. The maximum atomic E-state index is 11.8. The van der Waals surface area contributed by atoms with Crippen molar-refractivity contribution in [1.82, 2.24) is 0 Å². The van der Waals surface area contributed by atoms with Crippen molar-refractivity contribution >= 4 is 5.78 Å². The van der Waals surface area contributed by atoms with E-state index in [2.05, 4.69) is 27.7 Å². The highest BCUT2D eigenvalue weighted by Gasteiger charge is 2.56. The molecule has 0 unspecified atom stereocenters. The van der Waals surface area contributed by atoms with Gasteiger partial charge in [-0.15, -0.1) is 0 Å². The van der Waals surface area contributed by atoms with Crippen LogP contribution in [0.4, 0.5) is 0 Å². The molecule has 3 aliphatic carbocycles. The van der Waals surface area contributed by atoms with Crippen molar-refractivity contribution in [3.8, 4) is 0 Å². The van der Waals surface area contributed by atoms with Gasteiger partial charge in [0.05, 0.1) is 0 Å². The molecule has 0 aromatic rings. The molecule has 16 heavy (non-hydrogen) atoms. The molecular weight excluding hydrogens is 196 g/mol. The lowest BCUT2D eigenvalue weighted by Crippen LogP contribution is -2.50. The molecule has 3 rings (SSSR count). The molecule has 2 saturated carbocycles. The van der Waals surface area contributed by atoms with Crippen LogP contribution in [0.2, 0.25) is 0 Å². The van der Waals surface area contributed by atoms with Gasteiger partial charge in [0.1, 0.15) is 5.78 Å². The van der Waals surface area contributed by atoms with Crippen molar-refractivity contribution in [2.45, 2.75) is 53.4 Å². The van der Waals surface area contributed by atoms with Crippen LogP contribution in [0, 0.1) is 22.7 Å². The van der Waals surface area contributed by atoms with Gasteiger partial charge < -0.3 is 0 Å². The summed E-state index contributed by atoms with van der Waals surface area (Å²) in [7, 11) is 0. The first kappa shape index (κ1) is 10.6. The van der Waals surface area contributed by atoms with Crippen molar-refractivity contribution in [1.29, 1.82) is 0 Å². The van der Waals surface area contributed by atoms with E-state index in [9.17, 15) is 4.79 Å². The van der Waals surface area contributed by atoms with E-state index in [-0.39, 0.29) is 5.92 Å². The number of Topliss-reactive ketones (excluding diaryl/α,β-unsaturated/α-hetero) is 1. The van der Waals surface area contributed by atoms with Crippen LogP contribution in [-0.4, -0.2) is 5.78 Å². The smallest absolute Gasteiger partial charge is 0.141 e. The third-order valence-corrected chi connectivity index (χ3v) is 5.21. The van der Waals surface area contributed by atoms with E-state index >= 15 is 0 Å². The number of carbonyl (C=O) groups excluding carboxylic acids is 1. The fourth-order valence-corrected chi connectivity index (χ4v) is 4.74. The van der Waals surface area contributed by atoms with Gasteiger partial charge in [0.25, 0.3) is 0 Å². The Morgan fingerprint density at radius 1 is 1.12 bits per heavy atom. The molecule has 0 aromatic carbocycles. The second kappa shape index (κ2) is 2.80. The summed E-state index contributed by atoms with van der Waals surface area (Å²) in [5.74, 6) is 1.56. The van der Waals surface area contributed by atoms with Crippen molar-refractivity contribution in [2.24, 2.45) is 22.7 Å². The molecule has 0 aromatic heterocycles. The maximum absolute atomic E-state index is 11.8. The summed E-state index contributed by atoms with van der Waals surface area (Å²) in [5, 5.41) is 0. The first-order valence-corrected chi connectivity index (χ1v) is 6.55. The zero-order chi connectivity index (χ0) is 11.7. The summed E-state index contributed by atoms with van der Waals surface area (Å²) in [6.07, 6.45) is 4.65. The Balaban J connectivity index is 2.02. The standard InChI is InChI=1S/C15H22O/c1-9-11-7-14(2,3)5-10(11)6-15(4)8-12(16)13(9)15/h10,13H,5-8H2,1-4H3/t10-,13-,15+/m0/s1. The SMILES string of the molecule is CC1=C2CC(C)(C)C[C@H]2C[C@]2(C)CC(=O)[C@H]12. The van der Waals surface area contributed by atoms with Gasteiger partial charge >= 0.3 is 0 Å². The number of fused-ring (bicyclic) bond motifs is 2. The predicted molar refractivity (Wildman–Crippen MR) is 65.0 cm³/mol. The van der Waals surface area contributed by atoms with Crippen LogP contribution in [0.3, 0.4) is 0 Å². The molecule has 0 N–H and O–H groups in total. The summed E-state index contributed by atoms with van der Waals surface area (Å²) in [6.45, 7) is 9.29. The average Bonchev–Trinajstić information content (AvgIpc) is 2.38. The first-order chi connectivity index (χ1) is 7.32. The lowest BCUT2D eigenvalue weighted by molar-refractivity contribution is -0.141. The highest BCUT2D eigenvalue weighted by molar-refractivity contribution is 5.92. The zero-order valence-corrected chi connectivity index (χ0v) is 10.9. The normalized spacial score (nSPS) is 45.1. The quantitative estimate of drug-likeness (QED) is 0.566. The average molecular weight is 218 g/mol. The second-order valence-electron chi connectivity index (χ2n) is 7.38. The van der Waals surface area contributed by atoms with Gasteiger partial charge in [-0.25, -0.2) is 0 Å². The van der Waals surface area contributed by atoms with E-state index in [1.807, 2.05) is 0 Å². The minimum absolute atomic E-state index is 0.285. The number of hydrogen-bond donors (Lipinski definition) is 0. The maximum Gasteiger partial charge on any atom is 0.141 e. The van der Waals surface area contributed by atoms with E-state index in [0.29, 0.717) is 16.6 Å². The third kappa shape index (κ3) is 1.20. The van der Waals surface area contributed by atoms with Gasteiger partial charge in [-0.3, -0.25) is 4.79 Å². The van der Waals surface area contributed by atoms with E-state index < -0.39 is 0 Å². The molecule has 0 amide bonds. The highest BCUT2D eigenvalue weighted by Crippen LogP contribution is 2.62. The van der Waals surface area contributed by atoms with Gasteiger partial charge in [-0.2, -0.15) is 0 Å². The van der Waals surface area contributed by atoms with Crippen LogP contribution in [0.1, 0.15) is 53.4 Å². The minimum Gasteiger partial charge on any atom is -0.299 e. The van der Waals surface area contributed by atoms with Gasteiger partial charge in [0.2, 0.25) is 0 Å². The van der Waals surface area contributed by atoms with Crippen LogP contribution < -0.4 is 0 Å². The Bertz CT molecular complexity index is 402. The largest absolute Gasteiger partial charge is 0.299 e. The van der Waals surface area contributed by atoms with E-state index in [1.165, 1.54) is 24.8 Å². The summed E-state index contributed by atoms with van der Waals surface area (Å²) in [6, 6.07) is 0. The summed E-state index contributed by atoms with van der Waals surface area (Å²) in [4.78, 5) is 11.8. The van der Waals surface area contributed by atoms with E-state index in [4.69, 9.17) is 0 Å². The zero-order valence-electron chi connectivity index (χ0n) is 10.9. The van der Waals surface area contributed by atoms with Crippen molar-refractivity contribution in [3.63, 3.8) is 0 Å². The molecule has 2 fully saturated rings. The topological polar surface area (TPSA) is 17.1 Å². The Morgan fingerprint density at radius 3 is 2.44 bits per heavy atom. The monoisotopic (exact) mass is 218 g/mol. The number of hydrogen-bond acceptors (Lipinski definition) is 1. The first-order valence-electron chi connectivity index (χ1n) is 6.55. The molecule has 0 bridgehead atoms. The number of rotatable bonds is 0. The van der Waals surface area contributed by atoms with Crippen LogP contribution in [-0.2, 0) is 4.79 Å². The molecule has 88 valence electrons. The number of carbonyl (C=O) groups is 1.